The van der Waals surface area contributed by atoms with Gasteiger partial charge in [0.2, 0.25) is 5.78 Å². The fourth-order valence-corrected chi connectivity index (χ4v) is 4.92. The molecule has 7 nitrogen and oxygen atoms in total. The van der Waals surface area contributed by atoms with E-state index in [9.17, 15) is 19.5 Å². The molecule has 4 N–H and O–H groups in total. The number of nitrogens with zero attached hydrogens (tertiary/aromatic N) is 1. The van der Waals surface area contributed by atoms with Crippen LogP contribution < -0.4 is 11.3 Å². The predicted octanol–water partition coefficient (Wildman–Crippen LogP) is 5.19. The first-order valence-corrected chi connectivity index (χ1v) is 12.1. The fourth-order valence-electron chi connectivity index (χ4n) is 4.80. The number of Topliss-reactive ketones (excluding diaryl/α,β-unsaturated/α-hetero) is 2. The maximum Gasteiger partial charge on any atom is 0.265 e. The highest BCUT2D eigenvalue weighted by atomic mass is 35.5. The summed E-state index contributed by atoms with van der Waals surface area (Å²) in [5.74, 6) is 3.94. The van der Waals surface area contributed by atoms with Crippen molar-refractivity contribution in [2.75, 3.05) is 0 Å². The zero-order valence-corrected chi connectivity index (χ0v) is 20.2. The van der Waals surface area contributed by atoms with Gasteiger partial charge in [-0.15, -0.1) is 0 Å². The van der Waals surface area contributed by atoms with E-state index in [4.69, 9.17) is 17.4 Å². The minimum Gasteiger partial charge on any atom is -0.504 e. The zero-order chi connectivity index (χ0) is 25.7. The zero-order valence-electron chi connectivity index (χ0n) is 19.5. The van der Waals surface area contributed by atoms with E-state index < -0.39 is 5.78 Å². The largest absolute Gasteiger partial charge is 0.504 e. The van der Waals surface area contributed by atoms with E-state index >= 15 is 0 Å². The fraction of sp³-hybridized carbons (Fsp3) is 0.214. The van der Waals surface area contributed by atoms with Crippen molar-refractivity contribution in [2.24, 2.45) is 11.8 Å². The van der Waals surface area contributed by atoms with Gasteiger partial charge in [-0.3, -0.25) is 24.8 Å². The summed E-state index contributed by atoms with van der Waals surface area (Å²) in [5, 5.41) is 11.1. The summed E-state index contributed by atoms with van der Waals surface area (Å²) in [5.41, 5.74) is 4.79. The van der Waals surface area contributed by atoms with Gasteiger partial charge in [-0.05, 0) is 67.3 Å². The first-order valence-electron chi connectivity index (χ1n) is 11.7. The van der Waals surface area contributed by atoms with E-state index in [2.05, 4.69) is 17.1 Å². The maximum absolute atomic E-state index is 12.9. The SMILES string of the molecule is NNC(=O)c1ccncc1.O=C1C(O)=C([C@H]2CC[C@H](c3ccc(Cl)cc3)CC2)C(=O)c2ccccc21. The summed E-state index contributed by atoms with van der Waals surface area (Å²) in [6.45, 7) is 0. The van der Waals surface area contributed by atoms with Gasteiger partial charge in [-0.25, -0.2) is 5.84 Å². The van der Waals surface area contributed by atoms with E-state index in [-0.39, 0.29) is 23.4 Å². The molecule has 8 heteroatoms. The first kappa shape index (κ1) is 25.3. The molecule has 3 aromatic rings. The third kappa shape index (κ3) is 5.37. The van der Waals surface area contributed by atoms with Gasteiger partial charge in [0.25, 0.3) is 5.91 Å². The minimum absolute atomic E-state index is 0.0663. The Morgan fingerprint density at radius 1 is 0.861 bits per heavy atom. The third-order valence-corrected chi connectivity index (χ3v) is 6.93. The molecular weight excluding hydrogens is 478 g/mol. The topological polar surface area (TPSA) is 122 Å². The highest BCUT2D eigenvalue weighted by Crippen LogP contribution is 2.42. The van der Waals surface area contributed by atoms with Crippen LogP contribution >= 0.6 is 11.6 Å². The number of aliphatic hydroxyl groups is 1. The number of carbonyl (C=O) groups excluding carboxylic acids is 3. The number of nitrogen functional groups attached to an aromatic ring is 1. The first-order chi connectivity index (χ1) is 17.4. The second-order valence-corrected chi connectivity index (χ2v) is 9.21. The van der Waals surface area contributed by atoms with Crippen LogP contribution in [0.25, 0.3) is 0 Å². The molecule has 1 aromatic heterocycles. The van der Waals surface area contributed by atoms with Gasteiger partial charge >= 0.3 is 0 Å². The van der Waals surface area contributed by atoms with E-state index in [0.29, 0.717) is 28.2 Å². The second-order valence-electron chi connectivity index (χ2n) is 8.78. The molecule has 1 amide bonds. The number of hydrogen-bond donors (Lipinski definition) is 3. The highest BCUT2D eigenvalue weighted by Gasteiger charge is 2.37. The Morgan fingerprint density at radius 2 is 1.42 bits per heavy atom. The van der Waals surface area contributed by atoms with Crippen molar-refractivity contribution in [1.82, 2.24) is 10.4 Å². The molecule has 0 atom stereocenters. The van der Waals surface area contributed by atoms with Crippen LogP contribution in [0.3, 0.4) is 0 Å². The number of carbonyl (C=O) groups is 3. The number of aromatic nitrogens is 1. The molecule has 0 saturated heterocycles. The number of hydrogen-bond acceptors (Lipinski definition) is 6. The van der Waals surface area contributed by atoms with Crippen LogP contribution in [0.4, 0.5) is 0 Å². The Balaban J connectivity index is 0.000000256. The molecule has 1 fully saturated rings. The molecule has 5 rings (SSSR count). The standard InChI is InChI=1S/C22H19ClO3.C6H7N3O/c23-16-11-9-14(10-12-16)13-5-7-15(8-6-13)19-20(24)17-3-1-2-4-18(17)21(25)22(19)26;7-9-6(10)5-1-3-8-4-2-5/h1-4,9-13,15,26H,5-8H2;1-4H,7H2,(H,9,10)/t13-,15-;. The van der Waals surface area contributed by atoms with Crippen molar-refractivity contribution in [3.05, 3.63) is 112 Å². The van der Waals surface area contributed by atoms with Crippen molar-refractivity contribution in [2.45, 2.75) is 31.6 Å². The monoisotopic (exact) mass is 503 g/mol. The Labute approximate surface area is 214 Å². The van der Waals surface area contributed by atoms with Crippen molar-refractivity contribution in [1.29, 1.82) is 0 Å². The molecule has 2 aromatic carbocycles. The van der Waals surface area contributed by atoms with Gasteiger partial charge < -0.3 is 5.11 Å². The lowest BCUT2D eigenvalue weighted by atomic mass is 9.72. The number of nitrogens with one attached hydrogen (secondary N) is 1. The minimum atomic E-state index is -0.435. The maximum atomic E-state index is 12.9. The van der Waals surface area contributed by atoms with E-state index in [1.54, 1.807) is 36.4 Å². The molecule has 1 heterocycles. The summed E-state index contributed by atoms with van der Waals surface area (Å²) in [6.07, 6.45) is 6.48. The van der Waals surface area contributed by atoms with Gasteiger partial charge in [0.05, 0.1) is 0 Å². The molecule has 0 bridgehead atoms. The normalized spacial score (nSPS) is 19.2. The number of pyridine rings is 1. The third-order valence-electron chi connectivity index (χ3n) is 6.68. The summed E-state index contributed by atoms with van der Waals surface area (Å²) in [7, 11) is 0. The number of allylic oxidation sites excluding steroid dienone is 2. The molecule has 36 heavy (non-hydrogen) atoms. The van der Waals surface area contributed by atoms with Gasteiger partial charge in [0.1, 0.15) is 0 Å². The number of rotatable bonds is 3. The van der Waals surface area contributed by atoms with E-state index in [1.165, 1.54) is 18.0 Å². The van der Waals surface area contributed by atoms with Crippen LogP contribution in [0.2, 0.25) is 5.02 Å². The van der Waals surface area contributed by atoms with Crippen LogP contribution in [0.1, 0.15) is 68.2 Å². The van der Waals surface area contributed by atoms with Gasteiger partial charge in [0.15, 0.2) is 11.5 Å². The van der Waals surface area contributed by atoms with Gasteiger partial charge in [0, 0.05) is 39.7 Å². The smallest absolute Gasteiger partial charge is 0.265 e. The number of fused-ring (bicyclic) bond motifs is 1. The Bertz CT molecular complexity index is 1300. The van der Waals surface area contributed by atoms with Crippen LogP contribution in [-0.4, -0.2) is 27.6 Å². The van der Waals surface area contributed by atoms with Crippen molar-refractivity contribution in [3.8, 4) is 0 Å². The molecular formula is C28H26ClN3O4. The lowest BCUT2D eigenvalue weighted by Crippen LogP contribution is -2.29. The van der Waals surface area contributed by atoms with Crippen molar-refractivity contribution in [3.63, 3.8) is 0 Å². The number of nitrogens with two attached hydrogens (primary N) is 1. The van der Waals surface area contributed by atoms with Crippen LogP contribution in [0, 0.1) is 5.92 Å². The Kier molecular flexibility index (Phi) is 7.93. The molecule has 0 spiro atoms. The van der Waals surface area contributed by atoms with Crippen LogP contribution in [0.15, 0.2) is 84.4 Å². The Morgan fingerprint density at radius 3 is 2.00 bits per heavy atom. The van der Waals surface area contributed by atoms with Gasteiger partial charge in [-0.2, -0.15) is 0 Å². The quantitative estimate of drug-likeness (QED) is 0.257. The summed E-state index contributed by atoms with van der Waals surface area (Å²) in [4.78, 5) is 39.8. The summed E-state index contributed by atoms with van der Waals surface area (Å²) in [6, 6.07) is 17.8. The van der Waals surface area contributed by atoms with Crippen LogP contribution in [-0.2, 0) is 0 Å². The summed E-state index contributed by atoms with van der Waals surface area (Å²) < 4.78 is 0. The average Bonchev–Trinajstić information content (AvgIpc) is 2.93. The predicted molar refractivity (Wildman–Crippen MR) is 137 cm³/mol. The van der Waals surface area contributed by atoms with Gasteiger partial charge in [-0.1, -0.05) is 48.0 Å². The highest BCUT2D eigenvalue weighted by molar-refractivity contribution is 6.30. The number of hydrazine groups is 1. The van der Waals surface area contributed by atoms with Crippen molar-refractivity contribution < 1.29 is 19.5 Å². The lowest BCUT2D eigenvalue weighted by molar-refractivity contribution is 0.0914. The number of ketones is 2. The number of halogens is 1. The molecule has 184 valence electrons. The Hall–Kier alpha value is -3.81. The van der Waals surface area contributed by atoms with E-state index in [0.717, 1.165) is 30.7 Å². The molecule has 2 aliphatic carbocycles. The van der Waals surface area contributed by atoms with Crippen molar-refractivity contribution >= 4 is 29.1 Å². The lowest BCUT2D eigenvalue weighted by Gasteiger charge is -2.31. The molecule has 2 aliphatic rings. The molecule has 0 aliphatic heterocycles. The molecule has 0 unspecified atom stereocenters. The molecule has 0 radical (unpaired) electrons. The number of benzene rings is 2. The van der Waals surface area contributed by atoms with E-state index in [1.807, 2.05) is 17.6 Å². The molecule has 1 saturated carbocycles. The number of amides is 1. The summed E-state index contributed by atoms with van der Waals surface area (Å²) >= 11 is 5.96. The number of aliphatic hydroxyl groups excluding tert-OH is 1. The average molecular weight is 504 g/mol. The van der Waals surface area contributed by atoms with Crippen LogP contribution in [0.5, 0.6) is 0 Å². The second kappa shape index (κ2) is 11.3.